The normalized spacial score (nSPS) is 21.6. The molecule has 1 aliphatic heterocycles. The van der Waals surface area contributed by atoms with E-state index in [1.807, 2.05) is 9.25 Å². The summed E-state index contributed by atoms with van der Waals surface area (Å²) >= 11 is 5.51. The third kappa shape index (κ3) is 2.92. The molecule has 0 radical (unpaired) electrons. The van der Waals surface area contributed by atoms with Crippen molar-refractivity contribution in [2.24, 2.45) is 0 Å². The Morgan fingerprint density at radius 3 is 2.86 bits per heavy atom. The van der Waals surface area contributed by atoms with Crippen molar-refractivity contribution in [3.63, 3.8) is 0 Å². The van der Waals surface area contributed by atoms with Crippen LogP contribution in [0.5, 0.6) is 0 Å². The van der Waals surface area contributed by atoms with E-state index in [0.29, 0.717) is 17.3 Å². The molecule has 0 unspecified atom stereocenters. The average Bonchev–Trinajstić information content (AvgIpc) is 2.75. The number of rotatable bonds is 5. The highest BCUT2D eigenvalue weighted by atomic mass is 32.1. The summed E-state index contributed by atoms with van der Waals surface area (Å²) in [5.74, 6) is 0.661. The van der Waals surface area contributed by atoms with Gasteiger partial charge in [0.1, 0.15) is 6.61 Å². The molecule has 2 heterocycles. The van der Waals surface area contributed by atoms with Crippen molar-refractivity contribution in [3.8, 4) is 0 Å². The predicted molar refractivity (Wildman–Crippen MR) is 81.4 cm³/mol. The monoisotopic (exact) mass is 312 g/mol. The first-order chi connectivity index (χ1) is 10.2. The summed E-state index contributed by atoms with van der Waals surface area (Å²) in [6.45, 7) is 6.19. The van der Waals surface area contributed by atoms with E-state index < -0.39 is 0 Å². The number of morpholine rings is 1. The standard InChI is InChI=1S/C14H24N4O2S/c1-2-6-17-12(9-19)15-18(13(17)21)11-16-7-8-20-14(10-16)4-3-5-14/h19H,2-11H2,1H3. The lowest BCUT2D eigenvalue weighted by molar-refractivity contribution is -0.157. The summed E-state index contributed by atoms with van der Waals surface area (Å²) in [6, 6.07) is 0. The third-order valence-corrected chi connectivity index (χ3v) is 4.95. The molecule has 1 saturated heterocycles. The Hall–Kier alpha value is -0.760. The van der Waals surface area contributed by atoms with Gasteiger partial charge in [-0.3, -0.25) is 4.90 Å². The van der Waals surface area contributed by atoms with Crippen LogP contribution in [0, 0.1) is 4.77 Å². The van der Waals surface area contributed by atoms with Crippen LogP contribution in [0.4, 0.5) is 0 Å². The molecule has 2 fully saturated rings. The van der Waals surface area contributed by atoms with Crippen LogP contribution >= 0.6 is 12.2 Å². The van der Waals surface area contributed by atoms with E-state index in [2.05, 4.69) is 16.9 Å². The zero-order valence-corrected chi connectivity index (χ0v) is 13.4. The van der Waals surface area contributed by atoms with Gasteiger partial charge in [0.2, 0.25) is 0 Å². The van der Waals surface area contributed by atoms with Crippen molar-refractivity contribution in [1.29, 1.82) is 0 Å². The van der Waals surface area contributed by atoms with Crippen LogP contribution in [-0.2, 0) is 24.6 Å². The number of ether oxygens (including phenoxy) is 1. The highest BCUT2D eigenvalue weighted by Crippen LogP contribution is 2.38. The molecular weight excluding hydrogens is 288 g/mol. The lowest BCUT2D eigenvalue weighted by Crippen LogP contribution is -2.55. The lowest BCUT2D eigenvalue weighted by Gasteiger charge is -2.48. The average molecular weight is 312 g/mol. The van der Waals surface area contributed by atoms with Gasteiger partial charge in [0.25, 0.3) is 0 Å². The van der Waals surface area contributed by atoms with E-state index in [9.17, 15) is 5.11 Å². The largest absolute Gasteiger partial charge is 0.388 e. The fourth-order valence-corrected chi connectivity index (χ4v) is 3.55. The van der Waals surface area contributed by atoms with Crippen LogP contribution in [0.25, 0.3) is 0 Å². The van der Waals surface area contributed by atoms with E-state index in [4.69, 9.17) is 17.0 Å². The van der Waals surface area contributed by atoms with E-state index in [0.717, 1.165) is 32.7 Å². The quantitative estimate of drug-likeness (QED) is 0.836. The highest BCUT2D eigenvalue weighted by molar-refractivity contribution is 7.71. The molecule has 21 heavy (non-hydrogen) atoms. The van der Waals surface area contributed by atoms with Gasteiger partial charge in [-0.1, -0.05) is 6.92 Å². The van der Waals surface area contributed by atoms with Crippen molar-refractivity contribution < 1.29 is 9.84 Å². The fraction of sp³-hybridized carbons (Fsp3) is 0.857. The van der Waals surface area contributed by atoms with Crippen LogP contribution in [0.1, 0.15) is 38.4 Å². The first-order valence-corrected chi connectivity index (χ1v) is 8.22. The second-order valence-corrected chi connectivity index (χ2v) is 6.45. The Balaban J connectivity index is 1.73. The molecule has 0 atom stereocenters. The zero-order chi connectivity index (χ0) is 14.9. The van der Waals surface area contributed by atoms with E-state index in [-0.39, 0.29) is 12.2 Å². The van der Waals surface area contributed by atoms with Crippen molar-refractivity contribution in [2.45, 2.75) is 58.0 Å². The second-order valence-electron chi connectivity index (χ2n) is 6.09. The number of nitrogens with zero attached hydrogens (tertiary/aromatic N) is 4. The molecule has 3 rings (SSSR count). The maximum Gasteiger partial charge on any atom is 0.199 e. The Morgan fingerprint density at radius 1 is 1.43 bits per heavy atom. The van der Waals surface area contributed by atoms with Crippen LogP contribution in [-0.4, -0.2) is 49.7 Å². The van der Waals surface area contributed by atoms with Crippen LogP contribution in [0.3, 0.4) is 0 Å². The van der Waals surface area contributed by atoms with E-state index >= 15 is 0 Å². The Kier molecular flexibility index (Phi) is 4.44. The smallest absolute Gasteiger partial charge is 0.199 e. The van der Waals surface area contributed by atoms with Crippen molar-refractivity contribution in [3.05, 3.63) is 10.6 Å². The second kappa shape index (κ2) is 6.16. The molecule has 1 aromatic rings. The molecule has 0 bridgehead atoms. The molecule has 1 aliphatic carbocycles. The zero-order valence-electron chi connectivity index (χ0n) is 12.6. The van der Waals surface area contributed by atoms with Gasteiger partial charge in [-0.15, -0.1) is 0 Å². The van der Waals surface area contributed by atoms with Crippen LogP contribution in [0.2, 0.25) is 0 Å². The van der Waals surface area contributed by atoms with Gasteiger partial charge in [-0.2, -0.15) is 5.10 Å². The predicted octanol–water partition coefficient (Wildman–Crippen LogP) is 1.53. The number of hydrogen-bond donors (Lipinski definition) is 1. The molecule has 6 nitrogen and oxygen atoms in total. The summed E-state index contributed by atoms with van der Waals surface area (Å²) in [5, 5.41) is 13.9. The number of aromatic nitrogens is 3. The topological polar surface area (TPSA) is 55.5 Å². The molecule has 1 spiro atoms. The third-order valence-electron chi connectivity index (χ3n) is 4.51. The number of hydrogen-bond acceptors (Lipinski definition) is 5. The minimum absolute atomic E-state index is 0.0658. The molecule has 0 amide bonds. The highest BCUT2D eigenvalue weighted by Gasteiger charge is 2.42. The Labute approximate surface area is 130 Å². The number of aliphatic hydroxyl groups excluding tert-OH is 1. The molecule has 0 aromatic carbocycles. The molecular formula is C14H24N4O2S. The summed E-state index contributed by atoms with van der Waals surface area (Å²) in [5.41, 5.74) is 0.0895. The van der Waals surface area contributed by atoms with Gasteiger partial charge >= 0.3 is 0 Å². The maximum atomic E-state index is 9.44. The lowest BCUT2D eigenvalue weighted by atomic mass is 9.79. The van der Waals surface area contributed by atoms with Crippen LogP contribution in [0.15, 0.2) is 0 Å². The van der Waals surface area contributed by atoms with Gasteiger partial charge in [0.15, 0.2) is 10.6 Å². The van der Waals surface area contributed by atoms with Crippen molar-refractivity contribution >= 4 is 12.2 Å². The van der Waals surface area contributed by atoms with Crippen LogP contribution < -0.4 is 0 Å². The molecule has 7 heteroatoms. The minimum atomic E-state index is -0.0658. The van der Waals surface area contributed by atoms with Crippen molar-refractivity contribution in [2.75, 3.05) is 19.7 Å². The molecule has 1 aromatic heterocycles. The number of aliphatic hydroxyl groups is 1. The maximum absolute atomic E-state index is 9.44. The van der Waals surface area contributed by atoms with Crippen molar-refractivity contribution in [1.82, 2.24) is 19.2 Å². The Morgan fingerprint density at radius 2 is 2.24 bits per heavy atom. The van der Waals surface area contributed by atoms with Gasteiger partial charge in [0, 0.05) is 19.6 Å². The fourth-order valence-electron chi connectivity index (χ4n) is 3.25. The first-order valence-electron chi connectivity index (χ1n) is 7.81. The molecule has 118 valence electrons. The van der Waals surface area contributed by atoms with E-state index in [1.165, 1.54) is 19.3 Å². The summed E-state index contributed by atoms with van der Waals surface area (Å²) in [7, 11) is 0. The minimum Gasteiger partial charge on any atom is -0.388 e. The molecule has 1 saturated carbocycles. The SMILES string of the molecule is CCCn1c(CO)nn(CN2CCOC3(CCC3)C2)c1=S. The summed E-state index contributed by atoms with van der Waals surface area (Å²) in [6.07, 6.45) is 4.59. The van der Waals surface area contributed by atoms with Gasteiger partial charge in [0.05, 0.1) is 18.9 Å². The van der Waals surface area contributed by atoms with Gasteiger partial charge < -0.3 is 14.4 Å². The summed E-state index contributed by atoms with van der Waals surface area (Å²) < 4.78 is 10.4. The van der Waals surface area contributed by atoms with Gasteiger partial charge in [-0.25, -0.2) is 4.68 Å². The first kappa shape index (κ1) is 15.1. The molecule has 1 N–H and O–H groups in total. The Bertz CT molecular complexity index is 550. The summed E-state index contributed by atoms with van der Waals surface area (Å²) in [4.78, 5) is 2.36. The van der Waals surface area contributed by atoms with E-state index in [1.54, 1.807) is 0 Å². The molecule has 2 aliphatic rings. The van der Waals surface area contributed by atoms with Gasteiger partial charge in [-0.05, 0) is 37.9 Å².